The number of ether oxygens (including phenoxy) is 3. The minimum absolute atomic E-state index is 0.125. The molecule has 41 heavy (non-hydrogen) atoms. The molecule has 3 N–H and O–H groups in total. The molecule has 1 atom stereocenters. The van der Waals surface area contributed by atoms with Gasteiger partial charge in [-0.05, 0) is 76.7 Å². The Morgan fingerprint density at radius 3 is 1.76 bits per heavy atom. The van der Waals surface area contributed by atoms with Crippen LogP contribution in [0, 0.1) is 5.92 Å². The summed E-state index contributed by atoms with van der Waals surface area (Å²) in [6.07, 6.45) is 17.1. The summed E-state index contributed by atoms with van der Waals surface area (Å²) in [5.41, 5.74) is 0. The summed E-state index contributed by atoms with van der Waals surface area (Å²) >= 11 is 0. The van der Waals surface area contributed by atoms with Crippen molar-refractivity contribution in [3.05, 3.63) is 0 Å². The van der Waals surface area contributed by atoms with Crippen molar-refractivity contribution in [1.82, 2.24) is 5.32 Å². The van der Waals surface area contributed by atoms with Crippen LogP contribution in [0.25, 0.3) is 0 Å². The van der Waals surface area contributed by atoms with Crippen molar-refractivity contribution < 1.29 is 34.0 Å². The molecular weight excluding hydrogens is 522 g/mol. The maximum Gasteiger partial charge on any atom is 0.364 e. The predicted octanol–water partition coefficient (Wildman–Crippen LogP) is 7.72. The predicted molar refractivity (Wildman–Crippen MR) is 164 cm³/mol. The van der Waals surface area contributed by atoms with Crippen LogP contribution >= 0.6 is 0 Å². The van der Waals surface area contributed by atoms with Crippen LogP contribution in [0.3, 0.4) is 0 Å². The zero-order chi connectivity index (χ0) is 30.3. The molecule has 242 valence electrons. The number of rotatable bonds is 27. The molecule has 1 fully saturated rings. The van der Waals surface area contributed by atoms with Gasteiger partial charge in [-0.15, -0.1) is 0 Å². The standard InChI is InChI=1S/C33H63NO7/c1-5-29(6-2)40-33(32(37)38,41-30(7-3)8-4)23-17-13-12-15-19-28(34-26-27-21-24-39-25-22-27)18-14-10-9-11-16-20-31(35)36/h27-30,34H,5-26H2,1-4H3,(H,35,36)(H,37,38). The van der Waals surface area contributed by atoms with Gasteiger partial charge in [-0.1, -0.05) is 72.6 Å². The minimum Gasteiger partial charge on any atom is -0.481 e. The highest BCUT2D eigenvalue weighted by atomic mass is 16.7. The quantitative estimate of drug-likeness (QED) is 0.0663. The third kappa shape index (κ3) is 16.9. The summed E-state index contributed by atoms with van der Waals surface area (Å²) in [5, 5.41) is 22.9. The van der Waals surface area contributed by atoms with E-state index in [0.29, 0.717) is 18.4 Å². The first-order valence-electron chi connectivity index (χ1n) is 16.9. The fraction of sp³-hybridized carbons (Fsp3) is 0.939. The van der Waals surface area contributed by atoms with Gasteiger partial charge in [-0.25, -0.2) is 4.79 Å². The molecule has 0 aromatic carbocycles. The Labute approximate surface area is 250 Å². The lowest BCUT2D eigenvalue weighted by Crippen LogP contribution is -2.49. The van der Waals surface area contributed by atoms with Crippen molar-refractivity contribution in [3.8, 4) is 0 Å². The molecule has 1 saturated heterocycles. The summed E-state index contributed by atoms with van der Waals surface area (Å²) in [7, 11) is 0. The highest BCUT2D eigenvalue weighted by Gasteiger charge is 2.44. The average Bonchev–Trinajstić information content (AvgIpc) is 2.97. The highest BCUT2D eigenvalue weighted by Crippen LogP contribution is 2.29. The van der Waals surface area contributed by atoms with E-state index in [1.54, 1.807) is 0 Å². The maximum absolute atomic E-state index is 12.5. The molecule has 8 heteroatoms. The first-order valence-corrected chi connectivity index (χ1v) is 16.9. The minimum atomic E-state index is -1.56. The SMILES string of the molecule is CCC(CC)OC(CCCCCCC(CCCCCCCC(=O)O)NCC1CCOCC1)(OC(CC)CC)C(=O)O. The smallest absolute Gasteiger partial charge is 0.364 e. The fourth-order valence-electron chi connectivity index (χ4n) is 5.73. The van der Waals surface area contributed by atoms with Crippen molar-refractivity contribution in [2.75, 3.05) is 19.8 Å². The summed E-state index contributed by atoms with van der Waals surface area (Å²) in [6.45, 7) is 10.9. The summed E-state index contributed by atoms with van der Waals surface area (Å²) in [5.74, 6) is -2.58. The Kier molecular flexibility index (Phi) is 21.4. The Bertz CT molecular complexity index is 646. The van der Waals surface area contributed by atoms with E-state index in [1.165, 1.54) is 6.42 Å². The molecule has 0 aromatic heterocycles. The maximum atomic E-state index is 12.5. The molecule has 1 aliphatic heterocycles. The van der Waals surface area contributed by atoms with Crippen LogP contribution in [-0.4, -0.2) is 65.9 Å². The molecule has 1 aliphatic rings. The van der Waals surface area contributed by atoms with Gasteiger partial charge < -0.3 is 29.7 Å². The molecule has 1 unspecified atom stereocenters. The number of unbranched alkanes of at least 4 members (excludes halogenated alkanes) is 7. The molecule has 0 aliphatic carbocycles. The van der Waals surface area contributed by atoms with E-state index in [9.17, 15) is 14.7 Å². The largest absolute Gasteiger partial charge is 0.481 e. The average molecular weight is 586 g/mol. The second-order valence-electron chi connectivity index (χ2n) is 12.0. The van der Waals surface area contributed by atoms with E-state index in [-0.39, 0.29) is 18.6 Å². The Morgan fingerprint density at radius 2 is 1.27 bits per heavy atom. The van der Waals surface area contributed by atoms with Gasteiger partial charge in [0.25, 0.3) is 5.79 Å². The summed E-state index contributed by atoms with van der Waals surface area (Å²) in [4.78, 5) is 23.2. The van der Waals surface area contributed by atoms with Crippen LogP contribution in [0.1, 0.15) is 150 Å². The number of hydrogen-bond acceptors (Lipinski definition) is 6. The second kappa shape index (κ2) is 23.3. The number of carbonyl (C=O) groups is 2. The van der Waals surface area contributed by atoms with E-state index in [2.05, 4.69) is 5.32 Å². The lowest BCUT2D eigenvalue weighted by atomic mass is 9.96. The lowest BCUT2D eigenvalue weighted by Gasteiger charge is -2.36. The van der Waals surface area contributed by atoms with E-state index in [0.717, 1.165) is 122 Å². The topological polar surface area (TPSA) is 114 Å². The highest BCUT2D eigenvalue weighted by molar-refractivity contribution is 5.75. The second-order valence-corrected chi connectivity index (χ2v) is 12.0. The van der Waals surface area contributed by atoms with Gasteiger partial charge in [-0.2, -0.15) is 0 Å². The molecule has 0 bridgehead atoms. The number of aliphatic carboxylic acids is 2. The lowest BCUT2D eigenvalue weighted by molar-refractivity contribution is -0.279. The van der Waals surface area contributed by atoms with Crippen molar-refractivity contribution in [1.29, 1.82) is 0 Å². The van der Waals surface area contributed by atoms with Gasteiger partial charge in [0.2, 0.25) is 0 Å². The monoisotopic (exact) mass is 585 g/mol. The molecule has 0 radical (unpaired) electrons. The zero-order valence-electron chi connectivity index (χ0n) is 26.8. The first-order chi connectivity index (χ1) is 19.8. The molecule has 0 aromatic rings. The Balaban J connectivity index is 2.55. The van der Waals surface area contributed by atoms with Gasteiger partial charge >= 0.3 is 11.9 Å². The number of carboxylic acids is 2. The van der Waals surface area contributed by atoms with Gasteiger partial charge in [0, 0.05) is 32.1 Å². The Hall–Kier alpha value is -1.22. The van der Waals surface area contributed by atoms with E-state index in [4.69, 9.17) is 19.3 Å². The van der Waals surface area contributed by atoms with E-state index < -0.39 is 17.7 Å². The number of carboxylic acid groups (broad SMARTS) is 2. The number of hydrogen-bond donors (Lipinski definition) is 3. The van der Waals surface area contributed by atoms with Gasteiger partial charge in [0.05, 0.1) is 12.2 Å². The fourth-order valence-corrected chi connectivity index (χ4v) is 5.73. The van der Waals surface area contributed by atoms with E-state index in [1.807, 2.05) is 27.7 Å². The van der Waals surface area contributed by atoms with Crippen molar-refractivity contribution in [3.63, 3.8) is 0 Å². The molecular formula is C33H63NO7. The molecule has 0 spiro atoms. The zero-order valence-corrected chi connectivity index (χ0v) is 26.8. The van der Waals surface area contributed by atoms with Crippen LogP contribution in [0.15, 0.2) is 0 Å². The van der Waals surface area contributed by atoms with Crippen molar-refractivity contribution in [2.24, 2.45) is 5.92 Å². The van der Waals surface area contributed by atoms with Crippen LogP contribution in [0.5, 0.6) is 0 Å². The van der Waals surface area contributed by atoms with Gasteiger partial charge in [-0.3, -0.25) is 4.79 Å². The van der Waals surface area contributed by atoms with Crippen LogP contribution in [-0.2, 0) is 23.8 Å². The molecule has 8 nitrogen and oxygen atoms in total. The first kappa shape index (κ1) is 37.8. The molecule has 1 heterocycles. The van der Waals surface area contributed by atoms with Crippen LogP contribution in [0.4, 0.5) is 0 Å². The molecule has 1 rings (SSSR count). The third-order valence-corrected chi connectivity index (χ3v) is 8.65. The summed E-state index contributed by atoms with van der Waals surface area (Å²) in [6, 6.07) is 0.492. The molecule has 0 amide bonds. The van der Waals surface area contributed by atoms with Crippen LogP contribution in [0.2, 0.25) is 0 Å². The van der Waals surface area contributed by atoms with Crippen molar-refractivity contribution in [2.45, 2.75) is 174 Å². The van der Waals surface area contributed by atoms with Crippen molar-refractivity contribution >= 4 is 11.9 Å². The summed E-state index contributed by atoms with van der Waals surface area (Å²) < 4.78 is 17.9. The van der Waals surface area contributed by atoms with Gasteiger partial charge in [0.15, 0.2) is 0 Å². The van der Waals surface area contributed by atoms with Crippen LogP contribution < -0.4 is 5.32 Å². The molecule has 0 saturated carbocycles. The normalized spacial score (nSPS) is 15.6. The number of nitrogens with one attached hydrogen (secondary N) is 1. The Morgan fingerprint density at radius 1 is 0.780 bits per heavy atom. The third-order valence-electron chi connectivity index (χ3n) is 8.65. The van der Waals surface area contributed by atoms with Gasteiger partial charge in [0.1, 0.15) is 0 Å². The van der Waals surface area contributed by atoms with E-state index >= 15 is 0 Å².